The number of carbonyl (C=O) groups is 4. The molecule has 3 atom stereocenters. The van der Waals surface area contributed by atoms with Crippen molar-refractivity contribution in [3.63, 3.8) is 0 Å². The van der Waals surface area contributed by atoms with Crippen LogP contribution in [-0.2, 0) is 32.0 Å². The molecule has 0 aliphatic heterocycles. The van der Waals surface area contributed by atoms with Crippen LogP contribution in [0, 0.1) is 0 Å². The van der Waals surface area contributed by atoms with Crippen molar-refractivity contribution in [1.82, 2.24) is 15.5 Å². The standard InChI is InChI=1S/C27H38N8O4/c1-17(36)33-22(15-19-10-12-20(28)13-11-19)25(38)34-21(9-6-14-32-27(30)31)26(39)35(2)23(24(29)37)16-18-7-4-3-5-8-18/h3-5,7-8,10-13,21-23H,6,9,14-16,28H2,1-2H3,(H2,29,37)(H,33,36)(H,34,38)(H4,30,31,32). The first-order chi connectivity index (χ1) is 18.5. The molecule has 0 saturated heterocycles. The summed E-state index contributed by atoms with van der Waals surface area (Å²) in [5.41, 5.74) is 24.3. The molecule has 0 bridgehead atoms. The zero-order chi connectivity index (χ0) is 28.9. The first-order valence-electron chi connectivity index (χ1n) is 12.5. The highest BCUT2D eigenvalue weighted by Crippen LogP contribution is 2.13. The van der Waals surface area contributed by atoms with Gasteiger partial charge in [-0.2, -0.15) is 0 Å². The molecule has 12 heteroatoms. The van der Waals surface area contributed by atoms with Crippen LogP contribution in [0.5, 0.6) is 0 Å². The van der Waals surface area contributed by atoms with Crippen molar-refractivity contribution < 1.29 is 19.2 Å². The van der Waals surface area contributed by atoms with E-state index in [1.807, 2.05) is 30.3 Å². The molecule has 0 spiro atoms. The molecule has 0 heterocycles. The van der Waals surface area contributed by atoms with Gasteiger partial charge in [0.25, 0.3) is 0 Å². The van der Waals surface area contributed by atoms with E-state index in [0.717, 1.165) is 11.1 Å². The van der Waals surface area contributed by atoms with E-state index >= 15 is 0 Å². The number of likely N-dealkylation sites (N-methyl/N-ethyl adjacent to an activating group) is 1. The lowest BCUT2D eigenvalue weighted by molar-refractivity contribution is -0.141. The quantitative estimate of drug-likeness (QED) is 0.0795. The van der Waals surface area contributed by atoms with Gasteiger partial charge in [0.15, 0.2) is 5.96 Å². The minimum Gasteiger partial charge on any atom is -0.399 e. The van der Waals surface area contributed by atoms with Crippen molar-refractivity contribution >= 4 is 35.3 Å². The minimum atomic E-state index is -1.03. The van der Waals surface area contributed by atoms with E-state index in [4.69, 9.17) is 22.9 Å². The fraction of sp³-hybridized carbons (Fsp3) is 0.370. The van der Waals surface area contributed by atoms with Gasteiger partial charge in [-0.3, -0.25) is 24.2 Å². The number of benzene rings is 2. The summed E-state index contributed by atoms with van der Waals surface area (Å²) in [6.07, 6.45) is 0.926. The molecule has 12 nitrogen and oxygen atoms in total. The maximum absolute atomic E-state index is 13.6. The molecule has 210 valence electrons. The van der Waals surface area contributed by atoms with E-state index in [-0.39, 0.29) is 31.8 Å². The predicted octanol–water partition coefficient (Wildman–Crippen LogP) is -0.591. The van der Waals surface area contributed by atoms with E-state index in [1.165, 1.54) is 18.9 Å². The lowest BCUT2D eigenvalue weighted by Gasteiger charge is -2.31. The second-order valence-corrected chi connectivity index (χ2v) is 9.27. The van der Waals surface area contributed by atoms with Gasteiger partial charge < -0.3 is 38.5 Å². The number of rotatable bonds is 14. The summed E-state index contributed by atoms with van der Waals surface area (Å²) in [4.78, 5) is 56.3. The summed E-state index contributed by atoms with van der Waals surface area (Å²) < 4.78 is 0. The van der Waals surface area contributed by atoms with Crippen molar-refractivity contribution in [2.75, 3.05) is 19.3 Å². The SMILES string of the molecule is CC(=O)NC(Cc1ccc(N)cc1)C(=O)NC(CCCN=C(N)N)C(=O)N(C)C(Cc1ccccc1)C(N)=O. The van der Waals surface area contributed by atoms with Crippen molar-refractivity contribution in [2.24, 2.45) is 22.2 Å². The first-order valence-corrected chi connectivity index (χ1v) is 12.5. The number of aliphatic imine (C=N–C) groups is 1. The fourth-order valence-corrected chi connectivity index (χ4v) is 4.04. The Balaban J connectivity index is 2.26. The van der Waals surface area contributed by atoms with Gasteiger partial charge in [-0.25, -0.2) is 0 Å². The summed E-state index contributed by atoms with van der Waals surface area (Å²) >= 11 is 0. The molecule has 0 aromatic heterocycles. The zero-order valence-electron chi connectivity index (χ0n) is 22.3. The second kappa shape index (κ2) is 15.0. The zero-order valence-corrected chi connectivity index (χ0v) is 22.3. The number of nitrogens with zero attached hydrogens (tertiary/aromatic N) is 2. The molecular weight excluding hydrogens is 500 g/mol. The summed E-state index contributed by atoms with van der Waals surface area (Å²) in [6.45, 7) is 1.53. The van der Waals surface area contributed by atoms with Crippen LogP contribution in [0.15, 0.2) is 59.6 Å². The third-order valence-electron chi connectivity index (χ3n) is 6.09. The van der Waals surface area contributed by atoms with Gasteiger partial charge in [-0.15, -0.1) is 0 Å². The van der Waals surface area contributed by atoms with Crippen LogP contribution in [0.4, 0.5) is 5.69 Å². The van der Waals surface area contributed by atoms with Crippen molar-refractivity contribution in [2.45, 2.75) is 50.7 Å². The lowest BCUT2D eigenvalue weighted by Crippen LogP contribution is -2.57. The van der Waals surface area contributed by atoms with Gasteiger partial charge in [-0.1, -0.05) is 42.5 Å². The van der Waals surface area contributed by atoms with Crippen LogP contribution < -0.4 is 33.6 Å². The fourth-order valence-electron chi connectivity index (χ4n) is 4.04. The molecule has 4 amide bonds. The number of hydrogen-bond acceptors (Lipinski definition) is 6. The summed E-state index contributed by atoms with van der Waals surface area (Å²) in [6, 6.07) is 13.1. The third-order valence-corrected chi connectivity index (χ3v) is 6.09. The van der Waals surface area contributed by atoms with Crippen LogP contribution in [0.3, 0.4) is 0 Å². The van der Waals surface area contributed by atoms with Crippen LogP contribution in [0.2, 0.25) is 0 Å². The molecule has 2 rings (SSSR count). The van der Waals surface area contributed by atoms with E-state index in [2.05, 4.69) is 15.6 Å². The molecule has 10 N–H and O–H groups in total. The van der Waals surface area contributed by atoms with E-state index in [0.29, 0.717) is 12.1 Å². The van der Waals surface area contributed by atoms with Crippen LogP contribution in [-0.4, -0.2) is 66.2 Å². The largest absolute Gasteiger partial charge is 0.399 e. The highest BCUT2D eigenvalue weighted by Gasteiger charge is 2.32. The minimum absolute atomic E-state index is 0.0927. The maximum Gasteiger partial charge on any atom is 0.245 e. The molecule has 0 aliphatic carbocycles. The van der Waals surface area contributed by atoms with Gasteiger partial charge in [-0.05, 0) is 36.1 Å². The van der Waals surface area contributed by atoms with Crippen LogP contribution in [0.25, 0.3) is 0 Å². The number of nitrogens with two attached hydrogens (primary N) is 4. The number of hydrogen-bond donors (Lipinski definition) is 6. The average molecular weight is 539 g/mol. The van der Waals surface area contributed by atoms with E-state index in [9.17, 15) is 19.2 Å². The number of nitrogen functional groups attached to an aromatic ring is 1. The molecule has 3 unspecified atom stereocenters. The van der Waals surface area contributed by atoms with Gasteiger partial charge in [0.1, 0.15) is 18.1 Å². The Bertz CT molecular complexity index is 1150. The van der Waals surface area contributed by atoms with Crippen molar-refractivity contribution in [1.29, 1.82) is 0 Å². The molecule has 0 radical (unpaired) electrons. The second-order valence-electron chi connectivity index (χ2n) is 9.27. The molecule has 0 fully saturated rings. The normalized spacial score (nSPS) is 12.9. The number of primary amides is 1. The maximum atomic E-state index is 13.6. The summed E-state index contributed by atoms with van der Waals surface area (Å²) in [5.74, 6) is -2.25. The Labute approximate surface area is 228 Å². The number of guanidine groups is 1. The Morgan fingerprint density at radius 2 is 1.49 bits per heavy atom. The van der Waals surface area contributed by atoms with Crippen LogP contribution >= 0.6 is 0 Å². The molecule has 0 saturated carbocycles. The smallest absolute Gasteiger partial charge is 0.245 e. The van der Waals surface area contributed by atoms with Crippen molar-refractivity contribution in [3.05, 3.63) is 65.7 Å². The summed E-state index contributed by atoms with van der Waals surface area (Å²) in [7, 11) is 1.47. The highest BCUT2D eigenvalue weighted by molar-refractivity contribution is 5.94. The van der Waals surface area contributed by atoms with Gasteiger partial charge in [0.2, 0.25) is 23.6 Å². The monoisotopic (exact) mass is 538 g/mol. The van der Waals surface area contributed by atoms with Crippen LogP contribution in [0.1, 0.15) is 30.9 Å². The molecule has 39 heavy (non-hydrogen) atoms. The van der Waals surface area contributed by atoms with Gasteiger partial charge in [0.05, 0.1) is 0 Å². The van der Waals surface area contributed by atoms with Gasteiger partial charge >= 0.3 is 0 Å². The Morgan fingerprint density at radius 1 is 0.872 bits per heavy atom. The van der Waals surface area contributed by atoms with Gasteiger partial charge in [0, 0.05) is 39.0 Å². The molecular formula is C27H38N8O4. The predicted molar refractivity (Wildman–Crippen MR) is 150 cm³/mol. The number of carbonyl (C=O) groups excluding carboxylic acids is 4. The van der Waals surface area contributed by atoms with Crippen molar-refractivity contribution in [3.8, 4) is 0 Å². The first kappa shape index (κ1) is 30.6. The number of amides is 4. The Morgan fingerprint density at radius 3 is 2.05 bits per heavy atom. The Kier molecular flexibility index (Phi) is 11.7. The average Bonchev–Trinajstić information content (AvgIpc) is 2.89. The molecule has 2 aromatic rings. The Hall–Kier alpha value is -4.61. The molecule has 0 aliphatic rings. The lowest BCUT2D eigenvalue weighted by atomic mass is 10.0. The molecule has 2 aromatic carbocycles. The topological polar surface area (TPSA) is 212 Å². The summed E-state index contributed by atoms with van der Waals surface area (Å²) in [5, 5.41) is 5.38. The number of anilines is 1. The highest BCUT2D eigenvalue weighted by atomic mass is 16.2. The van der Waals surface area contributed by atoms with E-state index in [1.54, 1.807) is 24.3 Å². The van der Waals surface area contributed by atoms with E-state index < -0.39 is 41.8 Å². The number of nitrogens with one attached hydrogen (secondary N) is 2. The third kappa shape index (κ3) is 10.3.